The van der Waals surface area contributed by atoms with E-state index < -0.39 is 0 Å². The van der Waals surface area contributed by atoms with Crippen LogP contribution in [-0.4, -0.2) is 28.0 Å². The molecule has 0 aliphatic rings. The van der Waals surface area contributed by atoms with Gasteiger partial charge in [-0.2, -0.15) is 0 Å². The van der Waals surface area contributed by atoms with Crippen molar-refractivity contribution in [2.75, 3.05) is 7.05 Å². The molecule has 0 unspecified atom stereocenters. The molecule has 88 valence electrons. The van der Waals surface area contributed by atoms with Gasteiger partial charge < -0.3 is 5.21 Å². The SMILES string of the molecule is C/[N+]([O-])=C/c1ccc2ccc3cccnc3c2n1. The van der Waals surface area contributed by atoms with Crippen molar-refractivity contribution in [2.24, 2.45) is 0 Å². The third-order valence-electron chi connectivity index (χ3n) is 2.77. The highest BCUT2D eigenvalue weighted by Gasteiger charge is 2.04. The van der Waals surface area contributed by atoms with Crippen LogP contribution in [0.15, 0.2) is 42.6 Å². The Morgan fingerprint density at radius 1 is 1.06 bits per heavy atom. The van der Waals surface area contributed by atoms with E-state index in [2.05, 4.69) is 9.97 Å². The van der Waals surface area contributed by atoms with Gasteiger partial charge >= 0.3 is 0 Å². The highest BCUT2D eigenvalue weighted by Crippen LogP contribution is 2.21. The van der Waals surface area contributed by atoms with Crippen molar-refractivity contribution in [2.45, 2.75) is 0 Å². The normalized spacial score (nSPS) is 12.2. The molecule has 0 amide bonds. The second kappa shape index (κ2) is 4.07. The summed E-state index contributed by atoms with van der Waals surface area (Å²) in [4.78, 5) is 8.85. The molecule has 3 rings (SSSR count). The average Bonchev–Trinajstić information content (AvgIpc) is 2.38. The Morgan fingerprint density at radius 3 is 2.56 bits per heavy atom. The molecule has 0 atom stereocenters. The molecule has 0 aliphatic heterocycles. The van der Waals surface area contributed by atoms with E-state index >= 15 is 0 Å². The van der Waals surface area contributed by atoms with Gasteiger partial charge in [-0.1, -0.05) is 24.3 Å². The van der Waals surface area contributed by atoms with Gasteiger partial charge in [0.25, 0.3) is 0 Å². The third-order valence-corrected chi connectivity index (χ3v) is 2.77. The van der Waals surface area contributed by atoms with Crippen molar-refractivity contribution in [3.05, 3.63) is 53.5 Å². The minimum Gasteiger partial charge on any atom is -0.624 e. The van der Waals surface area contributed by atoms with E-state index in [-0.39, 0.29) is 0 Å². The quantitative estimate of drug-likeness (QED) is 0.214. The minimum absolute atomic E-state index is 0.637. The van der Waals surface area contributed by atoms with Crippen LogP contribution in [0.5, 0.6) is 0 Å². The largest absolute Gasteiger partial charge is 0.624 e. The molecule has 0 bridgehead atoms. The van der Waals surface area contributed by atoms with E-state index in [1.54, 1.807) is 6.20 Å². The van der Waals surface area contributed by atoms with Crippen LogP contribution in [0.2, 0.25) is 0 Å². The first-order valence-corrected chi connectivity index (χ1v) is 5.63. The number of fused-ring (bicyclic) bond motifs is 3. The lowest BCUT2D eigenvalue weighted by Gasteiger charge is -2.03. The van der Waals surface area contributed by atoms with Crippen LogP contribution in [0, 0.1) is 5.21 Å². The fraction of sp³-hybridized carbons (Fsp3) is 0.0714. The van der Waals surface area contributed by atoms with Gasteiger partial charge in [-0.3, -0.25) is 4.98 Å². The molecule has 2 heterocycles. The van der Waals surface area contributed by atoms with E-state index in [1.165, 1.54) is 13.3 Å². The molecule has 18 heavy (non-hydrogen) atoms. The standard InChI is InChI=1S/C14H11N3O/c1-17(18)9-12-7-6-11-5-4-10-3-2-8-15-13(10)14(11)16-12/h2-9H,1H3/b17-9-. The van der Waals surface area contributed by atoms with E-state index in [1.807, 2.05) is 36.4 Å². The Balaban J connectivity index is 2.37. The lowest BCUT2D eigenvalue weighted by molar-refractivity contribution is -0.416. The highest BCUT2D eigenvalue weighted by atomic mass is 16.5. The second-order valence-electron chi connectivity index (χ2n) is 4.12. The zero-order valence-electron chi connectivity index (χ0n) is 9.87. The molecule has 0 N–H and O–H groups in total. The summed E-state index contributed by atoms with van der Waals surface area (Å²) in [6.07, 6.45) is 3.20. The molecule has 3 aromatic rings. The maximum atomic E-state index is 11.0. The molecule has 1 aromatic carbocycles. The van der Waals surface area contributed by atoms with Gasteiger partial charge in [-0.15, -0.1) is 0 Å². The van der Waals surface area contributed by atoms with Crippen molar-refractivity contribution in [1.29, 1.82) is 0 Å². The van der Waals surface area contributed by atoms with Gasteiger partial charge in [0, 0.05) is 17.0 Å². The fourth-order valence-corrected chi connectivity index (χ4v) is 2.00. The van der Waals surface area contributed by atoms with Crippen LogP contribution in [0.25, 0.3) is 21.8 Å². The highest BCUT2D eigenvalue weighted by molar-refractivity contribution is 6.03. The van der Waals surface area contributed by atoms with Crippen LogP contribution in [-0.2, 0) is 0 Å². The summed E-state index contributed by atoms with van der Waals surface area (Å²) in [5.41, 5.74) is 2.32. The molecule has 0 aliphatic carbocycles. The molecule has 4 nitrogen and oxygen atoms in total. The maximum absolute atomic E-state index is 11.0. The number of rotatable bonds is 1. The fourth-order valence-electron chi connectivity index (χ4n) is 2.00. The third kappa shape index (κ3) is 1.78. The minimum atomic E-state index is 0.637. The van der Waals surface area contributed by atoms with Gasteiger partial charge in [0.15, 0.2) is 6.21 Å². The molecule has 0 saturated heterocycles. The van der Waals surface area contributed by atoms with Crippen molar-refractivity contribution in [1.82, 2.24) is 9.97 Å². The number of aromatic nitrogens is 2. The molecule has 4 heteroatoms. The monoisotopic (exact) mass is 237 g/mol. The summed E-state index contributed by atoms with van der Waals surface area (Å²) in [7, 11) is 1.44. The van der Waals surface area contributed by atoms with E-state index in [4.69, 9.17) is 0 Å². The number of nitrogens with zero attached hydrogens (tertiary/aromatic N) is 3. The second-order valence-corrected chi connectivity index (χ2v) is 4.12. The summed E-state index contributed by atoms with van der Waals surface area (Å²) in [6.45, 7) is 0. The lowest BCUT2D eigenvalue weighted by Crippen LogP contribution is -2.00. The predicted molar refractivity (Wildman–Crippen MR) is 71.8 cm³/mol. The van der Waals surface area contributed by atoms with Crippen LogP contribution in [0.1, 0.15) is 5.69 Å². The van der Waals surface area contributed by atoms with E-state index in [9.17, 15) is 5.21 Å². The molecule has 0 radical (unpaired) electrons. The van der Waals surface area contributed by atoms with Crippen molar-refractivity contribution in [3.63, 3.8) is 0 Å². The Hall–Kier alpha value is -2.49. The van der Waals surface area contributed by atoms with Crippen LogP contribution in [0.4, 0.5) is 0 Å². The Labute approximate surface area is 104 Å². The molecule has 0 spiro atoms. The van der Waals surface area contributed by atoms with Crippen molar-refractivity contribution in [3.8, 4) is 0 Å². The average molecular weight is 237 g/mol. The van der Waals surface area contributed by atoms with E-state index in [0.29, 0.717) is 5.69 Å². The Bertz CT molecular complexity index is 761. The first-order valence-electron chi connectivity index (χ1n) is 5.63. The van der Waals surface area contributed by atoms with Gasteiger partial charge in [0.2, 0.25) is 0 Å². The summed E-state index contributed by atoms with van der Waals surface area (Å²) >= 11 is 0. The van der Waals surface area contributed by atoms with Gasteiger partial charge in [-0.05, 0) is 12.1 Å². The van der Waals surface area contributed by atoms with Crippen LogP contribution < -0.4 is 0 Å². The zero-order chi connectivity index (χ0) is 12.5. The summed E-state index contributed by atoms with van der Waals surface area (Å²) in [5, 5.41) is 13.1. The molecule has 0 fully saturated rings. The smallest absolute Gasteiger partial charge is 0.200 e. The van der Waals surface area contributed by atoms with Crippen molar-refractivity contribution >= 4 is 28.0 Å². The number of benzene rings is 1. The first-order chi connectivity index (χ1) is 8.74. The molecule has 2 aromatic heterocycles. The summed E-state index contributed by atoms with van der Waals surface area (Å²) in [6, 6.07) is 11.7. The molecular formula is C14H11N3O. The van der Waals surface area contributed by atoms with Gasteiger partial charge in [0.1, 0.15) is 12.7 Å². The van der Waals surface area contributed by atoms with Crippen LogP contribution >= 0.6 is 0 Å². The lowest BCUT2D eigenvalue weighted by atomic mass is 10.1. The van der Waals surface area contributed by atoms with E-state index in [0.717, 1.165) is 26.5 Å². The Morgan fingerprint density at radius 2 is 1.78 bits per heavy atom. The van der Waals surface area contributed by atoms with Crippen molar-refractivity contribution < 1.29 is 4.74 Å². The number of hydroxylamine groups is 1. The number of hydrogen-bond acceptors (Lipinski definition) is 3. The number of hydrogen-bond donors (Lipinski definition) is 0. The number of pyridine rings is 2. The summed E-state index contributed by atoms with van der Waals surface area (Å²) in [5.74, 6) is 0. The first kappa shape index (κ1) is 10.7. The molecule has 0 saturated carbocycles. The maximum Gasteiger partial charge on any atom is 0.200 e. The molecular weight excluding hydrogens is 226 g/mol. The predicted octanol–water partition coefficient (Wildman–Crippen LogP) is 2.34. The van der Waals surface area contributed by atoms with Gasteiger partial charge in [-0.25, -0.2) is 9.72 Å². The summed E-state index contributed by atoms with van der Waals surface area (Å²) < 4.78 is 0.743. The zero-order valence-corrected chi connectivity index (χ0v) is 9.87. The Kier molecular flexibility index (Phi) is 2.41. The van der Waals surface area contributed by atoms with Crippen LogP contribution in [0.3, 0.4) is 0 Å². The topological polar surface area (TPSA) is 51.9 Å². The van der Waals surface area contributed by atoms with Gasteiger partial charge in [0.05, 0.1) is 11.0 Å².